The van der Waals surface area contributed by atoms with Gasteiger partial charge >= 0.3 is 0 Å². The predicted octanol–water partition coefficient (Wildman–Crippen LogP) is 8.29. The van der Waals surface area contributed by atoms with Gasteiger partial charge in [-0.3, -0.25) is 4.98 Å². The molecule has 0 amide bonds. The second-order valence-corrected chi connectivity index (χ2v) is 15.5. The van der Waals surface area contributed by atoms with Crippen molar-refractivity contribution in [3.63, 3.8) is 0 Å². The molecular weight excluding hydrogens is 418 g/mol. The average molecular weight is 450 g/mol. The van der Waals surface area contributed by atoms with Crippen LogP contribution in [0, 0.1) is 6.92 Å². The van der Waals surface area contributed by atoms with Crippen LogP contribution in [-0.2, 0) is 0 Å². The van der Waals surface area contributed by atoms with Crippen molar-refractivity contribution in [3.05, 3.63) is 84.1 Å². The number of rotatable bonds is 4. The number of aryl methyl sites for hydroxylation is 1. The molecule has 0 aliphatic carbocycles. The lowest BCUT2D eigenvalue weighted by Gasteiger charge is -2.18. The maximum absolute atomic E-state index is 6.51. The Kier molecular flexibility index (Phi) is 5.25. The number of hydrogen-bond acceptors (Lipinski definition) is 2. The van der Waals surface area contributed by atoms with Crippen LogP contribution in [0.3, 0.4) is 0 Å². The van der Waals surface area contributed by atoms with Crippen LogP contribution in [0.1, 0.15) is 30.9 Å². The molecule has 0 fully saturated rings. The molecule has 0 aliphatic heterocycles. The van der Waals surface area contributed by atoms with Gasteiger partial charge < -0.3 is 4.42 Å². The Morgan fingerprint density at radius 3 is 2.36 bits per heavy atom. The fraction of sp³-hybridized carbons (Fsp3) is 0.233. The van der Waals surface area contributed by atoms with E-state index in [-0.39, 0.29) is 0 Å². The Morgan fingerprint density at radius 2 is 1.64 bits per heavy atom. The minimum absolute atomic E-state index is 0.425. The Hall–Kier alpha value is -3.17. The van der Waals surface area contributed by atoms with E-state index in [2.05, 4.69) is 101 Å². The first kappa shape index (κ1) is 21.7. The molecule has 2 aromatic heterocycles. The van der Waals surface area contributed by atoms with Crippen LogP contribution < -0.4 is 5.19 Å². The van der Waals surface area contributed by atoms with Crippen molar-refractivity contribution in [1.29, 1.82) is 0 Å². The number of hydrogen-bond donors (Lipinski definition) is 0. The number of benzene rings is 3. The summed E-state index contributed by atoms with van der Waals surface area (Å²) in [5.74, 6) is 1.33. The van der Waals surface area contributed by atoms with E-state index in [9.17, 15) is 0 Å². The van der Waals surface area contributed by atoms with Crippen molar-refractivity contribution >= 4 is 35.0 Å². The number of furan rings is 1. The van der Waals surface area contributed by atoms with Crippen molar-refractivity contribution in [2.75, 3.05) is 0 Å². The molecule has 3 heteroatoms. The number of aromatic nitrogens is 1. The minimum Gasteiger partial charge on any atom is -0.454 e. The van der Waals surface area contributed by atoms with E-state index < -0.39 is 8.07 Å². The molecule has 0 unspecified atom stereocenters. The molecule has 0 radical (unpaired) electrons. The Morgan fingerprint density at radius 1 is 0.848 bits per heavy atom. The van der Waals surface area contributed by atoms with Crippen LogP contribution in [0.2, 0.25) is 19.6 Å². The minimum atomic E-state index is -1.35. The van der Waals surface area contributed by atoms with Crippen molar-refractivity contribution < 1.29 is 4.42 Å². The first-order chi connectivity index (χ1) is 15.7. The average Bonchev–Trinajstić information content (AvgIpc) is 3.21. The molecule has 2 nitrogen and oxygen atoms in total. The maximum atomic E-state index is 6.51. The van der Waals surface area contributed by atoms with Crippen molar-refractivity contribution in [1.82, 2.24) is 4.98 Å². The molecule has 33 heavy (non-hydrogen) atoms. The van der Waals surface area contributed by atoms with Gasteiger partial charge in [0.15, 0.2) is 5.58 Å². The Balaban J connectivity index is 1.67. The molecule has 2 heterocycles. The van der Waals surface area contributed by atoms with Crippen molar-refractivity contribution in [2.45, 2.75) is 46.3 Å². The van der Waals surface area contributed by atoms with Gasteiger partial charge in [-0.15, -0.1) is 0 Å². The summed E-state index contributed by atoms with van der Waals surface area (Å²) in [6.45, 7) is 13.8. The van der Waals surface area contributed by atoms with Crippen molar-refractivity contribution in [3.8, 4) is 22.6 Å². The van der Waals surface area contributed by atoms with E-state index in [1.807, 2.05) is 12.3 Å². The second-order valence-electron chi connectivity index (χ2n) is 10.4. The van der Waals surface area contributed by atoms with E-state index >= 15 is 0 Å². The summed E-state index contributed by atoms with van der Waals surface area (Å²) in [5.41, 5.74) is 6.62. The van der Waals surface area contributed by atoms with Crippen molar-refractivity contribution in [2.24, 2.45) is 0 Å². The van der Waals surface area contributed by atoms with Gasteiger partial charge in [0, 0.05) is 22.7 Å². The molecule has 0 atom stereocenters. The summed E-state index contributed by atoms with van der Waals surface area (Å²) in [5, 5.41) is 5.10. The summed E-state index contributed by atoms with van der Waals surface area (Å²) in [7, 11) is -1.35. The molecule has 3 aromatic carbocycles. The van der Waals surface area contributed by atoms with Gasteiger partial charge in [-0.1, -0.05) is 81.1 Å². The molecule has 0 saturated carbocycles. The highest BCUT2D eigenvalue weighted by Gasteiger charge is 2.19. The first-order valence-corrected chi connectivity index (χ1v) is 15.3. The van der Waals surface area contributed by atoms with Gasteiger partial charge in [0.05, 0.1) is 8.07 Å². The third-order valence-corrected chi connectivity index (χ3v) is 8.62. The van der Waals surface area contributed by atoms with Gasteiger partial charge in [-0.2, -0.15) is 0 Å². The summed E-state index contributed by atoms with van der Waals surface area (Å²) < 4.78 is 6.51. The number of nitrogens with zero attached hydrogens (tertiary/aromatic N) is 1. The molecule has 0 bridgehead atoms. The van der Waals surface area contributed by atoms with Gasteiger partial charge in [-0.05, 0) is 59.0 Å². The zero-order chi connectivity index (χ0) is 23.3. The molecule has 0 saturated heterocycles. The zero-order valence-corrected chi connectivity index (χ0v) is 21.4. The van der Waals surface area contributed by atoms with E-state index in [4.69, 9.17) is 9.40 Å². The zero-order valence-electron chi connectivity index (χ0n) is 20.4. The SMILES string of the molecule is Cc1cc([Si](C)(C)C)ccc1-c1cc2ccnc(-c3cc(C(C)C)c4ccccc4c3)c2o1. The lowest BCUT2D eigenvalue weighted by atomic mass is 9.92. The maximum Gasteiger partial charge on any atom is 0.161 e. The number of pyridine rings is 1. The molecule has 5 rings (SSSR count). The molecule has 5 aromatic rings. The fourth-order valence-corrected chi connectivity index (χ4v) is 5.90. The molecule has 166 valence electrons. The summed E-state index contributed by atoms with van der Waals surface area (Å²) >= 11 is 0. The molecule has 0 spiro atoms. The largest absolute Gasteiger partial charge is 0.454 e. The van der Waals surface area contributed by atoms with Gasteiger partial charge in [0.2, 0.25) is 0 Å². The van der Waals surface area contributed by atoms with Crippen LogP contribution in [0.5, 0.6) is 0 Å². The quantitative estimate of drug-likeness (QED) is 0.258. The summed E-state index contributed by atoms with van der Waals surface area (Å²) in [6.07, 6.45) is 1.89. The molecular formula is C30H31NOSi. The molecule has 0 aliphatic rings. The van der Waals surface area contributed by atoms with Crippen LogP contribution in [0.15, 0.2) is 77.3 Å². The summed E-state index contributed by atoms with van der Waals surface area (Å²) in [6, 6.07) is 24.2. The first-order valence-electron chi connectivity index (χ1n) is 11.8. The second kappa shape index (κ2) is 8.00. The topological polar surface area (TPSA) is 26.0 Å². The third-order valence-electron chi connectivity index (χ3n) is 6.58. The lowest BCUT2D eigenvalue weighted by molar-refractivity contribution is 0.630. The van der Waals surface area contributed by atoms with Crippen LogP contribution in [0.25, 0.3) is 44.3 Å². The highest BCUT2D eigenvalue weighted by Crippen LogP contribution is 2.37. The highest BCUT2D eigenvalue weighted by molar-refractivity contribution is 6.88. The highest BCUT2D eigenvalue weighted by atomic mass is 28.3. The fourth-order valence-electron chi connectivity index (χ4n) is 4.66. The van der Waals surface area contributed by atoms with Crippen LogP contribution in [0.4, 0.5) is 0 Å². The Labute approximate surface area is 197 Å². The smallest absolute Gasteiger partial charge is 0.161 e. The van der Waals surface area contributed by atoms with Crippen LogP contribution in [-0.4, -0.2) is 13.1 Å². The normalized spacial score (nSPS) is 12.2. The number of fused-ring (bicyclic) bond motifs is 2. The molecule has 0 N–H and O–H groups in total. The lowest BCUT2D eigenvalue weighted by Crippen LogP contribution is -2.37. The third kappa shape index (κ3) is 3.91. The standard InChI is InChI=1S/C30H31NOSi/c1-19(2)27-17-23(16-21-9-7-8-10-26(21)27)29-30-22(13-14-31-29)18-28(32-30)25-12-11-24(15-20(25)3)33(4,5)6/h7-19H,1-6H3. The van der Waals surface area contributed by atoms with E-state index in [0.717, 1.165) is 33.6 Å². The monoisotopic (exact) mass is 449 g/mol. The summed E-state index contributed by atoms with van der Waals surface area (Å²) in [4.78, 5) is 4.77. The van der Waals surface area contributed by atoms with Gasteiger partial charge in [0.1, 0.15) is 11.5 Å². The van der Waals surface area contributed by atoms with E-state index in [1.165, 1.54) is 27.1 Å². The predicted molar refractivity (Wildman–Crippen MR) is 144 cm³/mol. The van der Waals surface area contributed by atoms with Gasteiger partial charge in [0.25, 0.3) is 0 Å². The van der Waals surface area contributed by atoms with Gasteiger partial charge in [-0.25, -0.2) is 0 Å². The Bertz CT molecular complexity index is 1490. The van der Waals surface area contributed by atoms with E-state index in [0.29, 0.717) is 5.92 Å². The van der Waals surface area contributed by atoms with E-state index in [1.54, 1.807) is 0 Å². The van der Waals surface area contributed by atoms with Crippen LogP contribution >= 0.6 is 0 Å².